The van der Waals surface area contributed by atoms with Gasteiger partial charge in [-0.2, -0.15) is 0 Å². The molecule has 0 fully saturated rings. The van der Waals surface area contributed by atoms with E-state index in [-0.39, 0.29) is 0 Å². The zero-order chi connectivity index (χ0) is 9.80. The molecule has 0 saturated heterocycles. The van der Waals surface area contributed by atoms with Crippen molar-refractivity contribution in [3.05, 3.63) is 34.9 Å². The molecule has 1 aliphatic carbocycles. The number of hydrogen-bond acceptors (Lipinski definition) is 1. The lowest BCUT2D eigenvalue weighted by Gasteiger charge is -2.05. The minimum atomic E-state index is 1.02. The Hall–Kier alpha value is -0.0900. The van der Waals surface area contributed by atoms with Gasteiger partial charge in [-0.15, -0.1) is 0 Å². The van der Waals surface area contributed by atoms with Gasteiger partial charge in [0.1, 0.15) is 0 Å². The molecule has 0 heterocycles. The first-order valence-electron chi connectivity index (χ1n) is 5.27. The summed E-state index contributed by atoms with van der Waals surface area (Å²) >= 11 is 2.40. The Morgan fingerprint density at radius 2 is 2.07 bits per heavy atom. The largest absolute Gasteiger partial charge is 0.312 e. The van der Waals surface area contributed by atoms with Gasteiger partial charge in [0, 0.05) is 17.5 Å². The van der Waals surface area contributed by atoms with Crippen molar-refractivity contribution in [2.75, 3.05) is 11.0 Å². The molecule has 0 saturated carbocycles. The number of rotatable bonds is 4. The molecule has 2 rings (SSSR count). The molecular formula is C12H16IN. The fourth-order valence-electron chi connectivity index (χ4n) is 2.03. The minimum absolute atomic E-state index is 1.02. The summed E-state index contributed by atoms with van der Waals surface area (Å²) in [5.74, 6) is 0. The van der Waals surface area contributed by atoms with Crippen molar-refractivity contribution < 1.29 is 0 Å². The number of fused-ring (bicyclic) bond motifs is 1. The van der Waals surface area contributed by atoms with Crippen LogP contribution in [-0.4, -0.2) is 11.0 Å². The molecule has 0 unspecified atom stereocenters. The molecule has 1 nitrogen and oxygen atoms in total. The second kappa shape index (κ2) is 5.12. The van der Waals surface area contributed by atoms with Crippen LogP contribution in [0.4, 0.5) is 0 Å². The minimum Gasteiger partial charge on any atom is -0.312 e. The highest BCUT2D eigenvalue weighted by Crippen LogP contribution is 2.22. The molecule has 76 valence electrons. The predicted octanol–water partition coefficient (Wildman–Crippen LogP) is 2.70. The number of nitrogens with one attached hydrogen (secondary N) is 1. The summed E-state index contributed by atoms with van der Waals surface area (Å²) in [6, 6.07) is 6.95. The zero-order valence-corrected chi connectivity index (χ0v) is 10.5. The Morgan fingerprint density at radius 3 is 2.93 bits per heavy atom. The van der Waals surface area contributed by atoms with Crippen LogP contribution >= 0.6 is 22.6 Å². The smallest absolute Gasteiger partial charge is 0.0205 e. The number of aryl methyl sites for hydroxylation is 2. The normalized spacial score (nSPS) is 14.4. The van der Waals surface area contributed by atoms with Crippen LogP contribution in [0.3, 0.4) is 0 Å². The number of halogens is 1. The van der Waals surface area contributed by atoms with Gasteiger partial charge in [-0.05, 0) is 36.0 Å². The first kappa shape index (κ1) is 10.4. The lowest BCUT2D eigenvalue weighted by Crippen LogP contribution is -2.15. The molecule has 1 aliphatic rings. The number of benzene rings is 1. The van der Waals surface area contributed by atoms with Crippen molar-refractivity contribution in [1.29, 1.82) is 0 Å². The second-order valence-electron chi connectivity index (χ2n) is 3.82. The fraction of sp³-hybridized carbons (Fsp3) is 0.500. The molecule has 0 spiro atoms. The van der Waals surface area contributed by atoms with Crippen LogP contribution in [0.15, 0.2) is 18.2 Å². The van der Waals surface area contributed by atoms with Crippen molar-refractivity contribution >= 4 is 22.6 Å². The van der Waals surface area contributed by atoms with Crippen molar-refractivity contribution in [3.63, 3.8) is 0 Å². The summed E-state index contributed by atoms with van der Waals surface area (Å²) < 4.78 is 1.18. The van der Waals surface area contributed by atoms with E-state index in [1.165, 1.54) is 29.3 Å². The predicted molar refractivity (Wildman–Crippen MR) is 69.1 cm³/mol. The molecule has 0 aromatic heterocycles. The van der Waals surface area contributed by atoms with E-state index in [4.69, 9.17) is 0 Å². The summed E-state index contributed by atoms with van der Waals surface area (Å²) in [7, 11) is 0. The Kier molecular flexibility index (Phi) is 3.81. The van der Waals surface area contributed by atoms with Crippen LogP contribution in [0.25, 0.3) is 0 Å². The van der Waals surface area contributed by atoms with Crippen LogP contribution in [-0.2, 0) is 19.4 Å². The van der Waals surface area contributed by atoms with Gasteiger partial charge in [0.15, 0.2) is 0 Å². The third-order valence-corrected chi connectivity index (χ3v) is 3.30. The van der Waals surface area contributed by atoms with Gasteiger partial charge < -0.3 is 5.32 Å². The Balaban J connectivity index is 1.98. The number of hydrogen-bond donors (Lipinski definition) is 1. The highest BCUT2D eigenvalue weighted by Gasteiger charge is 2.10. The van der Waals surface area contributed by atoms with E-state index >= 15 is 0 Å². The molecule has 0 radical (unpaired) electrons. The monoisotopic (exact) mass is 301 g/mol. The highest BCUT2D eigenvalue weighted by molar-refractivity contribution is 14.1. The summed E-state index contributed by atoms with van der Waals surface area (Å²) in [6.45, 7) is 2.13. The Labute approximate surface area is 99.4 Å². The average molecular weight is 301 g/mol. The zero-order valence-electron chi connectivity index (χ0n) is 8.35. The van der Waals surface area contributed by atoms with Gasteiger partial charge in [-0.1, -0.05) is 40.8 Å². The molecule has 1 aromatic rings. The average Bonchev–Trinajstić information content (AvgIpc) is 2.65. The van der Waals surface area contributed by atoms with E-state index in [9.17, 15) is 0 Å². The quantitative estimate of drug-likeness (QED) is 0.512. The molecule has 2 heteroatoms. The molecule has 0 atom stereocenters. The van der Waals surface area contributed by atoms with Gasteiger partial charge in [-0.3, -0.25) is 0 Å². The standard InChI is InChI=1S/C12H16IN/c13-6-7-14-9-10-4-5-11-2-1-3-12(11)8-10/h4-5,8,14H,1-3,6-7,9H2. The van der Waals surface area contributed by atoms with Crippen molar-refractivity contribution in [3.8, 4) is 0 Å². The molecule has 0 aliphatic heterocycles. The third-order valence-electron chi connectivity index (χ3n) is 2.76. The maximum atomic E-state index is 3.44. The first-order chi connectivity index (χ1) is 6.90. The fourth-order valence-corrected chi connectivity index (χ4v) is 2.42. The van der Waals surface area contributed by atoms with Crippen LogP contribution in [0.5, 0.6) is 0 Å². The van der Waals surface area contributed by atoms with E-state index in [1.54, 1.807) is 11.1 Å². The SMILES string of the molecule is ICCNCc1ccc2c(c1)CCC2. The molecule has 0 bridgehead atoms. The van der Waals surface area contributed by atoms with Crippen LogP contribution < -0.4 is 5.32 Å². The van der Waals surface area contributed by atoms with E-state index < -0.39 is 0 Å². The lowest BCUT2D eigenvalue weighted by molar-refractivity contribution is 0.736. The molecule has 1 aromatic carbocycles. The van der Waals surface area contributed by atoms with Crippen molar-refractivity contribution in [1.82, 2.24) is 5.32 Å². The van der Waals surface area contributed by atoms with Crippen LogP contribution in [0, 0.1) is 0 Å². The molecule has 0 amide bonds. The van der Waals surface area contributed by atoms with E-state index in [0.717, 1.165) is 13.1 Å². The molecule has 14 heavy (non-hydrogen) atoms. The second-order valence-corrected chi connectivity index (χ2v) is 4.90. The van der Waals surface area contributed by atoms with Gasteiger partial charge in [-0.25, -0.2) is 0 Å². The van der Waals surface area contributed by atoms with Gasteiger partial charge in [0.05, 0.1) is 0 Å². The van der Waals surface area contributed by atoms with Crippen LogP contribution in [0.1, 0.15) is 23.1 Å². The third kappa shape index (κ3) is 2.48. The Bertz CT molecular complexity index is 309. The summed E-state index contributed by atoms with van der Waals surface area (Å²) in [4.78, 5) is 0. The maximum absolute atomic E-state index is 3.44. The van der Waals surface area contributed by atoms with Crippen LogP contribution in [0.2, 0.25) is 0 Å². The highest BCUT2D eigenvalue weighted by atomic mass is 127. The lowest BCUT2D eigenvalue weighted by atomic mass is 10.1. The van der Waals surface area contributed by atoms with Crippen molar-refractivity contribution in [2.24, 2.45) is 0 Å². The van der Waals surface area contributed by atoms with E-state index in [2.05, 4.69) is 46.1 Å². The molecule has 1 N–H and O–H groups in total. The summed E-state index contributed by atoms with van der Waals surface area (Å²) in [6.07, 6.45) is 3.92. The van der Waals surface area contributed by atoms with Gasteiger partial charge in [0.25, 0.3) is 0 Å². The van der Waals surface area contributed by atoms with E-state index in [0.29, 0.717) is 0 Å². The van der Waals surface area contributed by atoms with E-state index in [1.807, 2.05) is 0 Å². The van der Waals surface area contributed by atoms with Gasteiger partial charge >= 0.3 is 0 Å². The summed E-state index contributed by atoms with van der Waals surface area (Å²) in [5.41, 5.74) is 4.59. The van der Waals surface area contributed by atoms with Crippen molar-refractivity contribution in [2.45, 2.75) is 25.8 Å². The topological polar surface area (TPSA) is 12.0 Å². The number of alkyl halides is 1. The van der Waals surface area contributed by atoms with Gasteiger partial charge in [0.2, 0.25) is 0 Å². The molecular weight excluding hydrogens is 285 g/mol. The Morgan fingerprint density at radius 1 is 1.21 bits per heavy atom. The maximum Gasteiger partial charge on any atom is 0.0205 e. The first-order valence-corrected chi connectivity index (χ1v) is 6.80. The summed E-state index contributed by atoms with van der Waals surface area (Å²) in [5, 5.41) is 3.44.